The van der Waals surface area contributed by atoms with Crippen LogP contribution in [0.5, 0.6) is 0 Å². The molecule has 2 atom stereocenters. The van der Waals surface area contributed by atoms with Crippen molar-refractivity contribution < 1.29 is 19.1 Å². The summed E-state index contributed by atoms with van der Waals surface area (Å²) in [7, 11) is 1.50. The molecule has 1 aliphatic rings. The van der Waals surface area contributed by atoms with Crippen LogP contribution in [0.4, 0.5) is 0 Å². The fraction of sp³-hybridized carbons (Fsp3) is 0.529. The van der Waals surface area contributed by atoms with Gasteiger partial charge in [-0.1, -0.05) is 23.4 Å². The van der Waals surface area contributed by atoms with Crippen LogP contribution in [0.2, 0.25) is 0 Å². The van der Waals surface area contributed by atoms with Crippen molar-refractivity contribution in [2.45, 2.75) is 25.2 Å². The number of rotatable bonds is 7. The predicted octanol–water partition coefficient (Wildman–Crippen LogP) is 3.34. The molecule has 0 saturated carbocycles. The molecule has 0 aromatic heterocycles. The first kappa shape index (κ1) is 17.7. The number of hydrogen-bond acceptors (Lipinski definition) is 6. The van der Waals surface area contributed by atoms with E-state index in [1.54, 1.807) is 11.8 Å². The van der Waals surface area contributed by atoms with Crippen LogP contribution in [0.1, 0.15) is 20.3 Å². The van der Waals surface area contributed by atoms with Crippen LogP contribution in [0.25, 0.3) is 0 Å². The first-order valence-corrected chi connectivity index (χ1v) is 8.66. The van der Waals surface area contributed by atoms with E-state index in [0.29, 0.717) is 25.5 Å². The number of oxime groups is 1. The minimum atomic E-state index is -0.372. The Morgan fingerprint density at radius 3 is 2.83 bits per heavy atom. The summed E-state index contributed by atoms with van der Waals surface area (Å²) >= 11 is 1.72. The largest absolute Gasteiger partial charge is 0.478 e. The summed E-state index contributed by atoms with van der Waals surface area (Å²) in [4.78, 5) is 18.0. The summed E-state index contributed by atoms with van der Waals surface area (Å²) in [5.74, 6) is 1.13. The Morgan fingerprint density at radius 1 is 1.43 bits per heavy atom. The number of esters is 1. The molecule has 1 aromatic rings. The Bertz CT molecular complexity index is 549. The fourth-order valence-corrected chi connectivity index (χ4v) is 3.73. The van der Waals surface area contributed by atoms with E-state index >= 15 is 0 Å². The van der Waals surface area contributed by atoms with Crippen molar-refractivity contribution in [3.63, 3.8) is 0 Å². The van der Waals surface area contributed by atoms with Crippen molar-refractivity contribution in [1.82, 2.24) is 0 Å². The van der Waals surface area contributed by atoms with Crippen LogP contribution in [0.3, 0.4) is 0 Å². The van der Waals surface area contributed by atoms with Gasteiger partial charge in [0.15, 0.2) is 0 Å². The SMILES string of the molecule is CCOC(=O)C[C@@H]1CO/C(=N\OC)[C@]1(C)CSc1ccccc1. The third-order valence-corrected chi connectivity index (χ3v) is 5.33. The van der Waals surface area contributed by atoms with Crippen LogP contribution in [-0.2, 0) is 19.1 Å². The predicted molar refractivity (Wildman–Crippen MR) is 90.4 cm³/mol. The highest BCUT2D eigenvalue weighted by Crippen LogP contribution is 2.42. The standard InChI is InChI=1S/C17H23NO4S/c1-4-21-15(19)10-13-11-22-16(18-20-3)17(13,2)12-23-14-8-6-5-7-9-14/h5-9,13H,4,10-12H2,1-3H3/b18-16-/t13-,17-/m1/s1. The molecule has 0 unspecified atom stereocenters. The zero-order chi connectivity index (χ0) is 16.7. The average molecular weight is 337 g/mol. The third kappa shape index (κ3) is 4.41. The van der Waals surface area contributed by atoms with Crippen molar-refractivity contribution in [2.24, 2.45) is 16.5 Å². The molecule has 1 aliphatic heterocycles. The smallest absolute Gasteiger partial charge is 0.306 e. The molecule has 1 heterocycles. The summed E-state index contributed by atoms with van der Waals surface area (Å²) < 4.78 is 10.8. The van der Waals surface area contributed by atoms with Gasteiger partial charge in [-0.15, -0.1) is 11.8 Å². The monoisotopic (exact) mass is 337 g/mol. The third-order valence-electron chi connectivity index (χ3n) is 3.99. The Hall–Kier alpha value is -1.69. The number of nitrogens with zero attached hydrogens (tertiary/aromatic N) is 1. The van der Waals surface area contributed by atoms with E-state index < -0.39 is 0 Å². The lowest BCUT2D eigenvalue weighted by Crippen LogP contribution is -2.34. The second kappa shape index (κ2) is 8.24. The maximum Gasteiger partial charge on any atom is 0.306 e. The number of carbonyl (C=O) groups is 1. The maximum absolute atomic E-state index is 11.9. The Labute approximate surface area is 141 Å². The molecule has 2 rings (SSSR count). The summed E-state index contributed by atoms with van der Waals surface area (Å²) in [6.07, 6.45) is 0.322. The Kier molecular flexibility index (Phi) is 6.33. The van der Waals surface area contributed by atoms with Crippen LogP contribution < -0.4 is 0 Å². The minimum absolute atomic E-state index is 0.0201. The molecule has 126 valence electrons. The van der Waals surface area contributed by atoms with Crippen LogP contribution in [-0.4, -0.2) is 37.9 Å². The van der Waals surface area contributed by atoms with Gasteiger partial charge in [0.25, 0.3) is 0 Å². The minimum Gasteiger partial charge on any atom is -0.478 e. The molecule has 0 aliphatic carbocycles. The van der Waals surface area contributed by atoms with Crippen LogP contribution in [0.15, 0.2) is 40.4 Å². The Morgan fingerprint density at radius 2 is 2.17 bits per heavy atom. The second-order valence-electron chi connectivity index (χ2n) is 5.62. The lowest BCUT2D eigenvalue weighted by atomic mass is 9.79. The van der Waals surface area contributed by atoms with Crippen molar-refractivity contribution in [3.8, 4) is 0 Å². The van der Waals surface area contributed by atoms with Gasteiger partial charge >= 0.3 is 5.97 Å². The zero-order valence-electron chi connectivity index (χ0n) is 13.8. The summed E-state index contributed by atoms with van der Waals surface area (Å²) in [6.45, 7) is 4.72. The highest BCUT2D eigenvalue weighted by Gasteiger charge is 2.48. The van der Waals surface area contributed by atoms with Gasteiger partial charge in [-0.25, -0.2) is 0 Å². The molecule has 0 radical (unpaired) electrons. The van der Waals surface area contributed by atoms with Crippen molar-refractivity contribution in [3.05, 3.63) is 30.3 Å². The first-order chi connectivity index (χ1) is 11.1. The molecule has 1 aromatic carbocycles. The van der Waals surface area contributed by atoms with Crippen molar-refractivity contribution in [2.75, 3.05) is 26.1 Å². The normalized spacial score (nSPS) is 25.2. The summed E-state index contributed by atoms with van der Waals surface area (Å²) in [5, 5.41) is 4.02. The van der Waals surface area contributed by atoms with E-state index in [-0.39, 0.29) is 17.3 Å². The first-order valence-electron chi connectivity index (χ1n) is 7.68. The molecule has 0 amide bonds. The highest BCUT2D eigenvalue weighted by molar-refractivity contribution is 7.99. The van der Waals surface area contributed by atoms with Crippen LogP contribution >= 0.6 is 11.8 Å². The molecule has 0 spiro atoms. The highest BCUT2D eigenvalue weighted by atomic mass is 32.2. The van der Waals surface area contributed by atoms with E-state index in [1.807, 2.05) is 25.1 Å². The van der Waals surface area contributed by atoms with Crippen LogP contribution in [0, 0.1) is 11.3 Å². The molecular formula is C17H23NO4S. The van der Waals surface area contributed by atoms with E-state index in [9.17, 15) is 4.79 Å². The van der Waals surface area contributed by atoms with Gasteiger partial charge in [-0.3, -0.25) is 4.79 Å². The van der Waals surface area contributed by atoms with Gasteiger partial charge in [-0.2, -0.15) is 0 Å². The van der Waals surface area contributed by atoms with Gasteiger partial charge < -0.3 is 14.3 Å². The Balaban J connectivity index is 2.12. The van der Waals surface area contributed by atoms with Gasteiger partial charge in [0.1, 0.15) is 7.11 Å². The molecular weight excluding hydrogens is 314 g/mol. The van der Waals surface area contributed by atoms with Gasteiger partial charge in [0, 0.05) is 16.6 Å². The van der Waals surface area contributed by atoms with Gasteiger partial charge in [0.05, 0.1) is 25.0 Å². The molecule has 0 N–H and O–H groups in total. The fourth-order valence-electron chi connectivity index (χ4n) is 2.55. The van der Waals surface area contributed by atoms with Gasteiger partial charge in [0.2, 0.25) is 5.90 Å². The van der Waals surface area contributed by atoms with E-state index in [0.717, 1.165) is 5.75 Å². The lowest BCUT2D eigenvalue weighted by molar-refractivity contribution is -0.144. The van der Waals surface area contributed by atoms with E-state index in [4.69, 9.17) is 14.3 Å². The summed E-state index contributed by atoms with van der Waals surface area (Å²) in [5.41, 5.74) is -0.372. The lowest BCUT2D eigenvalue weighted by Gasteiger charge is -2.27. The number of thioether (sulfide) groups is 1. The topological polar surface area (TPSA) is 57.1 Å². The van der Waals surface area contributed by atoms with Gasteiger partial charge in [-0.05, 0) is 26.0 Å². The average Bonchev–Trinajstić information content (AvgIpc) is 2.84. The van der Waals surface area contributed by atoms with Crippen molar-refractivity contribution in [1.29, 1.82) is 0 Å². The molecule has 6 heteroatoms. The molecule has 0 bridgehead atoms. The quantitative estimate of drug-likeness (QED) is 0.434. The number of hydrogen-bond donors (Lipinski definition) is 0. The zero-order valence-corrected chi connectivity index (χ0v) is 14.6. The van der Waals surface area contributed by atoms with E-state index in [1.165, 1.54) is 12.0 Å². The summed E-state index contributed by atoms with van der Waals surface area (Å²) in [6, 6.07) is 10.1. The van der Waals surface area contributed by atoms with E-state index in [2.05, 4.69) is 24.2 Å². The number of benzene rings is 1. The number of ether oxygens (including phenoxy) is 2. The number of carbonyl (C=O) groups excluding carboxylic acids is 1. The second-order valence-corrected chi connectivity index (χ2v) is 6.66. The maximum atomic E-state index is 11.9. The van der Waals surface area contributed by atoms with Crippen molar-refractivity contribution >= 4 is 23.6 Å². The molecule has 5 nitrogen and oxygen atoms in total. The molecule has 1 fully saturated rings. The molecule has 1 saturated heterocycles. The molecule has 23 heavy (non-hydrogen) atoms.